The highest BCUT2D eigenvalue weighted by molar-refractivity contribution is 7.51. The van der Waals surface area contributed by atoms with E-state index in [0.29, 0.717) is 12.8 Å². The van der Waals surface area contributed by atoms with Gasteiger partial charge < -0.3 is 24.9 Å². The van der Waals surface area contributed by atoms with Crippen molar-refractivity contribution in [2.24, 2.45) is 0 Å². The standard InChI is InChI=1S/C19H40NO6P.C16H35O3P/c1-2-3-4-5-6-7-8-9-10-11-12-13-14-15-16-26-27(24,25)20-18(17-21)19(22)23;1-2-3-4-5-6-7-8-9-10-11-12-13-14-15-16-20(17,18)19/h18,21H,2-17H2,1H3,(H,22,23)(H2,20,24,25);2-16H2,1H3,(H2,17,18,19)/t18-;/m0./s1. The fourth-order valence-electron chi connectivity index (χ4n) is 5.41. The first-order chi connectivity index (χ1) is 22.5. The lowest BCUT2D eigenvalue weighted by Gasteiger charge is -2.17. The average Bonchev–Trinajstić information content (AvgIpc) is 3.01. The lowest BCUT2D eigenvalue weighted by Crippen LogP contribution is -2.38. The van der Waals surface area contributed by atoms with Gasteiger partial charge in [-0.3, -0.25) is 13.9 Å². The number of carboxylic acids is 1. The second-order valence-electron chi connectivity index (χ2n) is 13.1. The van der Waals surface area contributed by atoms with Gasteiger partial charge in [0.05, 0.1) is 13.2 Å². The molecule has 0 rings (SSSR count). The van der Waals surface area contributed by atoms with Crippen molar-refractivity contribution in [3.63, 3.8) is 0 Å². The quantitative estimate of drug-likeness (QED) is 0.0274. The number of carbonyl (C=O) groups is 1. The number of hydrogen-bond acceptors (Lipinski definition) is 5. The minimum atomic E-state index is -4.20. The number of unbranched alkanes of at least 4 members (excludes halogenated alkanes) is 26. The normalized spacial score (nSPS) is 13.6. The molecule has 0 aliphatic carbocycles. The maximum atomic E-state index is 11.7. The Morgan fingerprint density at radius 1 is 0.553 bits per heavy atom. The van der Waals surface area contributed by atoms with E-state index in [9.17, 15) is 18.8 Å². The summed E-state index contributed by atoms with van der Waals surface area (Å²) >= 11 is 0. The predicted octanol–water partition coefficient (Wildman–Crippen LogP) is 10.3. The topological polar surface area (TPSA) is 174 Å². The molecule has 10 nitrogen and oxygen atoms in total. The number of rotatable bonds is 35. The van der Waals surface area contributed by atoms with Crippen LogP contribution in [0.25, 0.3) is 0 Å². The van der Waals surface area contributed by atoms with Gasteiger partial charge >= 0.3 is 21.3 Å². The van der Waals surface area contributed by atoms with Crippen molar-refractivity contribution >= 4 is 21.3 Å². The van der Waals surface area contributed by atoms with Crippen LogP contribution in [-0.2, 0) is 18.4 Å². The molecule has 0 aromatic rings. The minimum absolute atomic E-state index is 0.0605. The van der Waals surface area contributed by atoms with Crippen LogP contribution in [0.2, 0.25) is 0 Å². The zero-order chi connectivity index (χ0) is 35.5. The number of aliphatic carboxylic acids is 1. The summed E-state index contributed by atoms with van der Waals surface area (Å²) in [7, 11) is -7.95. The van der Waals surface area contributed by atoms with Gasteiger partial charge in [0.1, 0.15) is 6.04 Å². The summed E-state index contributed by atoms with van der Waals surface area (Å²) in [6, 6.07) is -1.50. The number of aliphatic hydroxyl groups excluding tert-OH is 1. The van der Waals surface area contributed by atoms with Crippen molar-refractivity contribution in [1.29, 1.82) is 0 Å². The van der Waals surface area contributed by atoms with Gasteiger partial charge in [-0.15, -0.1) is 0 Å². The highest BCUT2D eigenvalue weighted by Gasteiger charge is 2.28. The maximum absolute atomic E-state index is 11.7. The highest BCUT2D eigenvalue weighted by atomic mass is 31.2. The van der Waals surface area contributed by atoms with Crippen LogP contribution in [0.4, 0.5) is 0 Å². The summed E-state index contributed by atoms with van der Waals surface area (Å²) in [5.41, 5.74) is 0. The summed E-state index contributed by atoms with van der Waals surface area (Å²) in [6.45, 7) is 3.82. The summed E-state index contributed by atoms with van der Waals surface area (Å²) in [4.78, 5) is 37.7. The van der Waals surface area contributed by atoms with Crippen LogP contribution in [0.5, 0.6) is 0 Å². The summed E-state index contributed by atoms with van der Waals surface area (Å²) in [5, 5.41) is 19.5. The smallest absolute Gasteiger partial charge is 0.403 e. The molecule has 0 radical (unpaired) electrons. The summed E-state index contributed by atoms with van der Waals surface area (Å²) in [6.07, 6.45) is 34.8. The first-order valence-electron chi connectivity index (χ1n) is 19.1. The Kier molecular flexibility index (Phi) is 36.9. The van der Waals surface area contributed by atoms with E-state index in [-0.39, 0.29) is 12.8 Å². The van der Waals surface area contributed by atoms with E-state index in [1.807, 2.05) is 5.09 Å². The van der Waals surface area contributed by atoms with Gasteiger partial charge in [0, 0.05) is 6.16 Å². The first-order valence-corrected chi connectivity index (χ1v) is 22.5. The van der Waals surface area contributed by atoms with Gasteiger partial charge in [0.2, 0.25) is 0 Å². The van der Waals surface area contributed by atoms with E-state index in [0.717, 1.165) is 32.1 Å². The fraction of sp³-hybridized carbons (Fsp3) is 0.971. The lowest BCUT2D eigenvalue weighted by molar-refractivity contribution is -0.140. The van der Waals surface area contributed by atoms with Crippen LogP contribution in [-0.4, -0.2) is 56.3 Å². The third kappa shape index (κ3) is 41.8. The monoisotopic (exact) mass is 715 g/mol. The van der Waals surface area contributed by atoms with Crippen LogP contribution in [0.1, 0.15) is 194 Å². The first kappa shape index (κ1) is 48.8. The molecule has 0 saturated heterocycles. The predicted molar refractivity (Wildman–Crippen MR) is 195 cm³/mol. The van der Waals surface area contributed by atoms with Crippen molar-refractivity contribution in [2.45, 2.75) is 200 Å². The van der Waals surface area contributed by atoms with E-state index in [1.165, 1.54) is 135 Å². The molecule has 2 atom stereocenters. The van der Waals surface area contributed by atoms with Gasteiger partial charge in [-0.25, -0.2) is 9.65 Å². The van der Waals surface area contributed by atoms with Gasteiger partial charge in [-0.2, -0.15) is 0 Å². The Morgan fingerprint density at radius 2 is 0.851 bits per heavy atom. The molecular formula is C35H75NO9P2. The van der Waals surface area contributed by atoms with Crippen LogP contribution in [0.15, 0.2) is 0 Å². The Hall–Kier alpha value is -0.310. The van der Waals surface area contributed by atoms with Crippen LogP contribution >= 0.6 is 15.3 Å². The maximum Gasteiger partial charge on any atom is 0.403 e. The lowest BCUT2D eigenvalue weighted by atomic mass is 10.0. The molecule has 0 spiro atoms. The second-order valence-corrected chi connectivity index (χ2v) is 16.5. The third-order valence-corrected chi connectivity index (χ3v) is 10.4. The number of carboxylic acid groups (broad SMARTS) is 1. The molecule has 0 saturated carbocycles. The average molecular weight is 716 g/mol. The van der Waals surface area contributed by atoms with Gasteiger partial charge in [0.25, 0.3) is 0 Å². The van der Waals surface area contributed by atoms with Crippen molar-refractivity contribution in [2.75, 3.05) is 19.4 Å². The molecular weight excluding hydrogens is 640 g/mol. The van der Waals surface area contributed by atoms with Crippen molar-refractivity contribution < 1.29 is 43.3 Å². The zero-order valence-electron chi connectivity index (χ0n) is 30.3. The fourth-order valence-corrected chi connectivity index (χ4v) is 7.08. The Bertz CT molecular complexity index is 767. The van der Waals surface area contributed by atoms with E-state index in [1.54, 1.807) is 0 Å². The largest absolute Gasteiger partial charge is 0.480 e. The Labute approximate surface area is 288 Å². The molecule has 12 heteroatoms. The molecule has 0 aromatic heterocycles. The van der Waals surface area contributed by atoms with Crippen LogP contribution in [0.3, 0.4) is 0 Å². The van der Waals surface area contributed by atoms with Crippen molar-refractivity contribution in [1.82, 2.24) is 5.09 Å². The number of aliphatic hydroxyl groups is 1. The molecule has 0 fully saturated rings. The second kappa shape index (κ2) is 35.5. The molecule has 0 aromatic carbocycles. The molecule has 6 N–H and O–H groups in total. The molecule has 0 bridgehead atoms. The van der Waals surface area contributed by atoms with E-state index >= 15 is 0 Å². The van der Waals surface area contributed by atoms with Gasteiger partial charge in [-0.1, -0.05) is 181 Å². The molecule has 0 heterocycles. The zero-order valence-corrected chi connectivity index (χ0v) is 32.1. The summed E-state index contributed by atoms with van der Waals surface area (Å²) < 4.78 is 27.2. The van der Waals surface area contributed by atoms with Crippen LogP contribution in [0, 0.1) is 0 Å². The SMILES string of the molecule is CCCCCCCCCCCCCCCCOP(=O)(O)N[C@@H](CO)C(=O)O.CCCCCCCCCCCCCCCCP(=O)(O)O. The molecule has 0 aliphatic rings. The third-order valence-electron chi connectivity index (χ3n) is 8.37. The van der Waals surface area contributed by atoms with E-state index < -0.39 is 34.0 Å². The number of nitrogens with one attached hydrogen (secondary N) is 1. The van der Waals surface area contributed by atoms with Crippen molar-refractivity contribution in [3.8, 4) is 0 Å². The van der Waals surface area contributed by atoms with Crippen LogP contribution < -0.4 is 5.09 Å². The highest BCUT2D eigenvalue weighted by Crippen LogP contribution is 2.37. The molecule has 0 amide bonds. The van der Waals surface area contributed by atoms with Gasteiger partial charge in [0.15, 0.2) is 0 Å². The Morgan fingerprint density at radius 3 is 1.13 bits per heavy atom. The molecule has 284 valence electrons. The van der Waals surface area contributed by atoms with Gasteiger partial charge in [-0.05, 0) is 12.8 Å². The number of hydrogen-bond donors (Lipinski definition) is 6. The Balaban J connectivity index is 0. The van der Waals surface area contributed by atoms with Crippen molar-refractivity contribution in [3.05, 3.63) is 0 Å². The molecule has 1 unspecified atom stereocenters. The molecule has 47 heavy (non-hydrogen) atoms. The molecule has 0 aliphatic heterocycles. The van der Waals surface area contributed by atoms with E-state index in [4.69, 9.17) is 24.5 Å². The minimum Gasteiger partial charge on any atom is -0.480 e. The summed E-state index contributed by atoms with van der Waals surface area (Å²) in [5.74, 6) is -1.40. The van der Waals surface area contributed by atoms with E-state index in [2.05, 4.69) is 13.8 Å².